The van der Waals surface area contributed by atoms with Crippen LogP contribution in [0.2, 0.25) is 0 Å². The van der Waals surface area contributed by atoms with E-state index in [4.69, 9.17) is 14.6 Å². The van der Waals surface area contributed by atoms with Crippen LogP contribution in [0.5, 0.6) is 17.2 Å². The Hall–Kier alpha value is -2.05. The van der Waals surface area contributed by atoms with E-state index in [1.807, 2.05) is 0 Å². The monoisotopic (exact) mass is 352 g/mol. The van der Waals surface area contributed by atoms with Crippen LogP contribution in [0.4, 0.5) is 0 Å². The lowest BCUT2D eigenvalue weighted by molar-refractivity contribution is 0.0694. The standard InChI is InChI=1S/C15H13BrO5/c1-20-14-6-9(8-17)2-5-12(14)21-13-7-10(16)3-4-11(13)15(18)19/h2-7,17H,8H2,1H3,(H,18,19). The van der Waals surface area contributed by atoms with Gasteiger partial charge in [-0.25, -0.2) is 4.79 Å². The van der Waals surface area contributed by atoms with E-state index in [0.717, 1.165) is 0 Å². The van der Waals surface area contributed by atoms with Crippen LogP contribution in [0.25, 0.3) is 0 Å². The molecule has 0 spiro atoms. The van der Waals surface area contributed by atoms with E-state index in [9.17, 15) is 9.90 Å². The summed E-state index contributed by atoms with van der Waals surface area (Å²) in [5, 5.41) is 18.3. The predicted molar refractivity (Wildman–Crippen MR) is 80.1 cm³/mol. The van der Waals surface area contributed by atoms with E-state index in [1.165, 1.54) is 13.2 Å². The molecule has 0 aliphatic rings. The summed E-state index contributed by atoms with van der Waals surface area (Å²) in [6.45, 7) is -0.117. The molecule has 0 atom stereocenters. The molecule has 0 aromatic heterocycles. The van der Waals surface area contributed by atoms with Gasteiger partial charge in [-0.2, -0.15) is 0 Å². The highest BCUT2D eigenvalue weighted by Gasteiger charge is 2.15. The predicted octanol–water partition coefficient (Wildman–Crippen LogP) is 3.44. The number of carboxylic acids is 1. The first-order valence-electron chi connectivity index (χ1n) is 6.03. The van der Waals surface area contributed by atoms with Gasteiger partial charge < -0.3 is 19.7 Å². The van der Waals surface area contributed by atoms with Crippen LogP contribution in [0.3, 0.4) is 0 Å². The fraction of sp³-hybridized carbons (Fsp3) is 0.133. The van der Waals surface area contributed by atoms with Crippen molar-refractivity contribution >= 4 is 21.9 Å². The van der Waals surface area contributed by atoms with Gasteiger partial charge in [0, 0.05) is 4.47 Å². The number of aliphatic hydroxyl groups is 1. The highest BCUT2D eigenvalue weighted by Crippen LogP contribution is 2.35. The van der Waals surface area contributed by atoms with Gasteiger partial charge in [-0.3, -0.25) is 0 Å². The summed E-state index contributed by atoms with van der Waals surface area (Å²) in [7, 11) is 1.47. The van der Waals surface area contributed by atoms with Crippen LogP contribution in [0, 0.1) is 0 Å². The molecule has 0 saturated carbocycles. The Morgan fingerprint density at radius 2 is 1.90 bits per heavy atom. The summed E-state index contributed by atoms with van der Waals surface area (Å²) >= 11 is 3.28. The molecular formula is C15H13BrO5. The highest BCUT2D eigenvalue weighted by atomic mass is 79.9. The van der Waals surface area contributed by atoms with Crippen molar-refractivity contribution in [3.05, 3.63) is 52.0 Å². The van der Waals surface area contributed by atoms with E-state index in [2.05, 4.69) is 15.9 Å². The minimum absolute atomic E-state index is 0.0477. The van der Waals surface area contributed by atoms with Gasteiger partial charge in [0.1, 0.15) is 11.3 Å². The lowest BCUT2D eigenvalue weighted by Gasteiger charge is -2.13. The van der Waals surface area contributed by atoms with E-state index in [1.54, 1.807) is 30.3 Å². The van der Waals surface area contributed by atoms with Crippen molar-refractivity contribution in [2.24, 2.45) is 0 Å². The Balaban J connectivity index is 2.42. The van der Waals surface area contributed by atoms with Gasteiger partial charge in [0.05, 0.1) is 13.7 Å². The Bertz CT molecular complexity index is 669. The fourth-order valence-corrected chi connectivity index (χ4v) is 2.11. The topological polar surface area (TPSA) is 76.0 Å². The van der Waals surface area contributed by atoms with Crippen molar-refractivity contribution < 1.29 is 24.5 Å². The van der Waals surface area contributed by atoms with Crippen LogP contribution in [-0.2, 0) is 6.61 Å². The zero-order valence-corrected chi connectivity index (χ0v) is 12.8. The maximum absolute atomic E-state index is 11.2. The van der Waals surface area contributed by atoms with Crippen molar-refractivity contribution in [2.45, 2.75) is 6.61 Å². The van der Waals surface area contributed by atoms with Crippen molar-refractivity contribution in [1.29, 1.82) is 0 Å². The fourth-order valence-electron chi connectivity index (χ4n) is 1.77. The minimum atomic E-state index is -1.08. The molecule has 21 heavy (non-hydrogen) atoms. The molecule has 2 N–H and O–H groups in total. The van der Waals surface area contributed by atoms with Crippen molar-refractivity contribution in [1.82, 2.24) is 0 Å². The Morgan fingerprint density at radius 3 is 2.52 bits per heavy atom. The lowest BCUT2D eigenvalue weighted by Crippen LogP contribution is -2.01. The van der Waals surface area contributed by atoms with Crippen LogP contribution in [0.1, 0.15) is 15.9 Å². The second kappa shape index (κ2) is 6.60. The lowest BCUT2D eigenvalue weighted by atomic mass is 10.2. The van der Waals surface area contributed by atoms with Crippen LogP contribution >= 0.6 is 15.9 Å². The number of rotatable bonds is 5. The zero-order valence-electron chi connectivity index (χ0n) is 11.2. The molecule has 0 radical (unpaired) electrons. The summed E-state index contributed by atoms with van der Waals surface area (Å²) in [6.07, 6.45) is 0. The Morgan fingerprint density at radius 1 is 1.14 bits per heavy atom. The Kier molecular flexibility index (Phi) is 4.82. The molecule has 0 bridgehead atoms. The first-order valence-corrected chi connectivity index (χ1v) is 6.83. The average molecular weight is 353 g/mol. The van der Waals surface area contributed by atoms with E-state index >= 15 is 0 Å². The van der Waals surface area contributed by atoms with Gasteiger partial charge in [-0.1, -0.05) is 22.0 Å². The Labute approximate surface area is 129 Å². The maximum atomic E-state index is 11.2. The van der Waals surface area contributed by atoms with Crippen molar-refractivity contribution in [3.63, 3.8) is 0 Å². The molecule has 110 valence electrons. The van der Waals surface area contributed by atoms with Gasteiger partial charge in [0.2, 0.25) is 0 Å². The molecule has 6 heteroatoms. The van der Waals surface area contributed by atoms with Crippen LogP contribution in [-0.4, -0.2) is 23.3 Å². The normalized spacial score (nSPS) is 10.2. The summed E-state index contributed by atoms with van der Waals surface area (Å²) in [5.74, 6) is -0.0940. The number of aromatic carboxylic acids is 1. The molecule has 0 unspecified atom stereocenters. The minimum Gasteiger partial charge on any atom is -0.493 e. The molecule has 0 amide bonds. The van der Waals surface area contributed by atoms with E-state index in [-0.39, 0.29) is 17.9 Å². The molecular weight excluding hydrogens is 340 g/mol. The number of carboxylic acid groups (broad SMARTS) is 1. The molecule has 5 nitrogen and oxygen atoms in total. The molecule has 2 rings (SSSR count). The third-order valence-electron chi connectivity index (χ3n) is 2.80. The third kappa shape index (κ3) is 3.53. The molecule has 0 saturated heterocycles. The van der Waals surface area contributed by atoms with Crippen molar-refractivity contribution in [2.75, 3.05) is 7.11 Å². The van der Waals surface area contributed by atoms with Gasteiger partial charge in [0.15, 0.2) is 11.5 Å². The summed E-state index contributed by atoms with van der Waals surface area (Å²) in [6, 6.07) is 9.59. The summed E-state index contributed by atoms with van der Waals surface area (Å²) < 4.78 is 11.6. The third-order valence-corrected chi connectivity index (χ3v) is 3.30. The van der Waals surface area contributed by atoms with Gasteiger partial charge in [0.25, 0.3) is 0 Å². The molecule has 2 aromatic rings. The first-order chi connectivity index (χ1) is 10.0. The smallest absolute Gasteiger partial charge is 0.339 e. The van der Waals surface area contributed by atoms with E-state index < -0.39 is 5.97 Å². The van der Waals surface area contributed by atoms with E-state index in [0.29, 0.717) is 21.5 Å². The number of benzene rings is 2. The number of hydrogen-bond donors (Lipinski definition) is 2. The number of aliphatic hydroxyl groups excluding tert-OH is 1. The number of ether oxygens (including phenoxy) is 2. The van der Waals surface area contributed by atoms with Crippen molar-refractivity contribution in [3.8, 4) is 17.2 Å². The zero-order chi connectivity index (χ0) is 15.4. The molecule has 0 fully saturated rings. The quantitative estimate of drug-likeness (QED) is 0.861. The first kappa shape index (κ1) is 15.3. The number of carbonyl (C=O) groups is 1. The number of hydrogen-bond acceptors (Lipinski definition) is 4. The highest BCUT2D eigenvalue weighted by molar-refractivity contribution is 9.10. The van der Waals surface area contributed by atoms with Crippen LogP contribution in [0.15, 0.2) is 40.9 Å². The molecule has 0 aliphatic heterocycles. The molecule has 0 aliphatic carbocycles. The van der Waals surface area contributed by atoms with Gasteiger partial charge >= 0.3 is 5.97 Å². The van der Waals surface area contributed by atoms with Gasteiger partial charge in [-0.15, -0.1) is 0 Å². The second-order valence-electron chi connectivity index (χ2n) is 4.19. The second-order valence-corrected chi connectivity index (χ2v) is 5.11. The average Bonchev–Trinajstić information content (AvgIpc) is 2.47. The van der Waals surface area contributed by atoms with Crippen LogP contribution < -0.4 is 9.47 Å². The SMILES string of the molecule is COc1cc(CO)ccc1Oc1cc(Br)ccc1C(=O)O. The largest absolute Gasteiger partial charge is 0.493 e. The maximum Gasteiger partial charge on any atom is 0.339 e. The summed E-state index contributed by atoms with van der Waals surface area (Å²) in [5.41, 5.74) is 0.721. The number of halogens is 1. The van der Waals surface area contributed by atoms with Gasteiger partial charge in [-0.05, 0) is 35.9 Å². The summed E-state index contributed by atoms with van der Waals surface area (Å²) in [4.78, 5) is 11.2. The number of methoxy groups -OCH3 is 1. The molecule has 0 heterocycles. The molecule has 2 aromatic carbocycles.